The Bertz CT molecular complexity index is 546. The third-order valence-corrected chi connectivity index (χ3v) is 2.70. The van der Waals surface area contributed by atoms with E-state index < -0.39 is 5.97 Å². The summed E-state index contributed by atoms with van der Waals surface area (Å²) in [6.07, 6.45) is 4.94. The molecule has 2 rings (SSSR count). The van der Waals surface area contributed by atoms with E-state index in [-0.39, 0.29) is 5.56 Å². The molecule has 0 fully saturated rings. The van der Waals surface area contributed by atoms with Gasteiger partial charge in [0.25, 0.3) is 0 Å². The van der Waals surface area contributed by atoms with Gasteiger partial charge in [-0.05, 0) is 30.7 Å². The molecular formula is C14H16N2O3. The van der Waals surface area contributed by atoms with Crippen molar-refractivity contribution < 1.29 is 14.6 Å². The van der Waals surface area contributed by atoms with Gasteiger partial charge in [-0.15, -0.1) is 0 Å². The number of rotatable bonds is 6. The Hall–Kier alpha value is -2.30. The molecule has 0 bridgehead atoms. The quantitative estimate of drug-likeness (QED) is 0.811. The number of nitrogens with zero attached hydrogens (tertiary/aromatic N) is 2. The Kier molecular flexibility index (Phi) is 4.18. The summed E-state index contributed by atoms with van der Waals surface area (Å²) in [6, 6.07) is 7.40. The monoisotopic (exact) mass is 260 g/mol. The van der Waals surface area contributed by atoms with Crippen molar-refractivity contribution >= 4 is 5.97 Å². The fourth-order valence-electron chi connectivity index (χ4n) is 1.60. The maximum absolute atomic E-state index is 10.8. The van der Waals surface area contributed by atoms with Gasteiger partial charge >= 0.3 is 5.97 Å². The largest absolute Gasteiger partial charge is 0.494 e. The van der Waals surface area contributed by atoms with Gasteiger partial charge in [0.2, 0.25) is 0 Å². The summed E-state index contributed by atoms with van der Waals surface area (Å²) in [5.74, 6) is -0.173. The molecule has 0 aliphatic carbocycles. The molecule has 5 heteroatoms. The lowest BCUT2D eigenvalue weighted by molar-refractivity contribution is 0.0697. The van der Waals surface area contributed by atoms with Crippen LogP contribution in [0.25, 0.3) is 5.69 Å². The van der Waals surface area contributed by atoms with Crippen molar-refractivity contribution in [2.24, 2.45) is 0 Å². The lowest BCUT2D eigenvalue weighted by atomic mass is 10.3. The first-order valence-electron chi connectivity index (χ1n) is 6.22. The summed E-state index contributed by atoms with van der Waals surface area (Å²) >= 11 is 0. The zero-order valence-corrected chi connectivity index (χ0v) is 10.7. The third kappa shape index (κ3) is 3.34. The number of carboxylic acid groups (broad SMARTS) is 1. The van der Waals surface area contributed by atoms with Crippen molar-refractivity contribution in [2.75, 3.05) is 6.61 Å². The second-order valence-corrected chi connectivity index (χ2v) is 4.17. The maximum atomic E-state index is 10.8. The SMILES string of the molecule is CCCCOc1ccc(-n2cc(C(=O)O)cn2)cc1. The minimum absolute atomic E-state index is 0.170. The van der Waals surface area contributed by atoms with E-state index in [4.69, 9.17) is 9.84 Å². The van der Waals surface area contributed by atoms with Crippen molar-refractivity contribution in [2.45, 2.75) is 19.8 Å². The van der Waals surface area contributed by atoms with Crippen molar-refractivity contribution in [1.82, 2.24) is 9.78 Å². The summed E-state index contributed by atoms with van der Waals surface area (Å²) in [7, 11) is 0. The third-order valence-electron chi connectivity index (χ3n) is 2.70. The summed E-state index contributed by atoms with van der Waals surface area (Å²) in [4.78, 5) is 10.8. The highest BCUT2D eigenvalue weighted by Gasteiger charge is 2.06. The van der Waals surface area contributed by atoms with E-state index in [9.17, 15) is 4.79 Å². The number of benzene rings is 1. The van der Waals surface area contributed by atoms with Gasteiger partial charge in [0, 0.05) is 6.20 Å². The summed E-state index contributed by atoms with van der Waals surface area (Å²) in [5.41, 5.74) is 0.971. The van der Waals surface area contributed by atoms with Crippen LogP contribution in [0, 0.1) is 0 Å². The van der Waals surface area contributed by atoms with Crippen LogP contribution in [0.3, 0.4) is 0 Å². The predicted octanol–water partition coefficient (Wildman–Crippen LogP) is 2.75. The van der Waals surface area contributed by atoms with Gasteiger partial charge in [0.1, 0.15) is 5.75 Å². The Morgan fingerprint density at radius 2 is 2.11 bits per heavy atom. The molecule has 0 saturated heterocycles. The molecule has 100 valence electrons. The molecule has 1 aromatic heterocycles. The zero-order chi connectivity index (χ0) is 13.7. The van der Waals surface area contributed by atoms with Gasteiger partial charge in [0.15, 0.2) is 0 Å². The van der Waals surface area contributed by atoms with Crippen molar-refractivity contribution in [1.29, 1.82) is 0 Å². The van der Waals surface area contributed by atoms with Gasteiger partial charge in [-0.3, -0.25) is 0 Å². The second kappa shape index (κ2) is 6.04. The second-order valence-electron chi connectivity index (χ2n) is 4.17. The zero-order valence-electron chi connectivity index (χ0n) is 10.7. The molecule has 2 aromatic rings. The Morgan fingerprint density at radius 1 is 1.37 bits per heavy atom. The van der Waals surface area contributed by atoms with Crippen LogP contribution in [-0.4, -0.2) is 27.5 Å². The van der Waals surface area contributed by atoms with Crippen LogP contribution >= 0.6 is 0 Å². The van der Waals surface area contributed by atoms with E-state index in [0.29, 0.717) is 6.61 Å². The minimum atomic E-state index is -0.981. The van der Waals surface area contributed by atoms with Crippen LogP contribution in [0.15, 0.2) is 36.7 Å². The van der Waals surface area contributed by atoms with Crippen LogP contribution in [0.5, 0.6) is 5.75 Å². The van der Waals surface area contributed by atoms with Gasteiger partial charge in [-0.2, -0.15) is 5.10 Å². The molecule has 0 atom stereocenters. The van der Waals surface area contributed by atoms with Gasteiger partial charge in [-0.1, -0.05) is 13.3 Å². The van der Waals surface area contributed by atoms with E-state index in [0.717, 1.165) is 24.3 Å². The number of hydrogen-bond donors (Lipinski definition) is 1. The fourth-order valence-corrected chi connectivity index (χ4v) is 1.60. The number of aromatic nitrogens is 2. The fraction of sp³-hybridized carbons (Fsp3) is 0.286. The summed E-state index contributed by atoms with van der Waals surface area (Å²) in [5, 5.41) is 12.8. The molecule has 0 unspecified atom stereocenters. The van der Waals surface area contributed by atoms with E-state index >= 15 is 0 Å². The molecule has 5 nitrogen and oxygen atoms in total. The number of carboxylic acids is 1. The highest BCUT2D eigenvalue weighted by Crippen LogP contribution is 2.15. The Balaban J connectivity index is 2.06. The molecular weight excluding hydrogens is 244 g/mol. The molecule has 1 N–H and O–H groups in total. The van der Waals surface area contributed by atoms with Crippen LogP contribution in [0.4, 0.5) is 0 Å². The van der Waals surface area contributed by atoms with Crippen molar-refractivity contribution in [3.8, 4) is 11.4 Å². The molecule has 1 heterocycles. The average molecular weight is 260 g/mol. The number of unbranched alkanes of at least 4 members (excludes halogenated alkanes) is 1. The van der Waals surface area contributed by atoms with E-state index in [2.05, 4.69) is 12.0 Å². The first-order chi connectivity index (χ1) is 9.20. The molecule has 0 amide bonds. The molecule has 1 aromatic carbocycles. The number of hydrogen-bond acceptors (Lipinski definition) is 3. The lowest BCUT2D eigenvalue weighted by Gasteiger charge is -2.06. The highest BCUT2D eigenvalue weighted by atomic mass is 16.5. The van der Waals surface area contributed by atoms with Crippen LogP contribution in [0.1, 0.15) is 30.1 Å². The molecule has 19 heavy (non-hydrogen) atoms. The number of aromatic carboxylic acids is 1. The Labute approximate surface area is 111 Å². The minimum Gasteiger partial charge on any atom is -0.494 e. The summed E-state index contributed by atoms with van der Waals surface area (Å²) in [6.45, 7) is 2.82. The van der Waals surface area contributed by atoms with Gasteiger partial charge in [0.05, 0.1) is 24.1 Å². The van der Waals surface area contributed by atoms with E-state index in [1.165, 1.54) is 17.1 Å². The smallest absolute Gasteiger partial charge is 0.338 e. The molecule has 0 spiro atoms. The predicted molar refractivity (Wildman–Crippen MR) is 70.9 cm³/mol. The summed E-state index contributed by atoms with van der Waals surface area (Å²) < 4.78 is 7.08. The number of ether oxygens (including phenoxy) is 1. The van der Waals surface area contributed by atoms with Crippen LogP contribution in [0.2, 0.25) is 0 Å². The van der Waals surface area contributed by atoms with Crippen LogP contribution in [-0.2, 0) is 0 Å². The lowest BCUT2D eigenvalue weighted by Crippen LogP contribution is -1.98. The highest BCUT2D eigenvalue weighted by molar-refractivity contribution is 5.86. The van der Waals surface area contributed by atoms with Crippen LogP contribution < -0.4 is 4.74 Å². The van der Waals surface area contributed by atoms with E-state index in [1.807, 2.05) is 24.3 Å². The van der Waals surface area contributed by atoms with Gasteiger partial charge in [-0.25, -0.2) is 9.48 Å². The average Bonchev–Trinajstić information content (AvgIpc) is 2.90. The van der Waals surface area contributed by atoms with Crippen molar-refractivity contribution in [3.63, 3.8) is 0 Å². The van der Waals surface area contributed by atoms with Gasteiger partial charge < -0.3 is 9.84 Å². The number of carbonyl (C=O) groups is 1. The molecule has 0 saturated carbocycles. The van der Waals surface area contributed by atoms with E-state index in [1.54, 1.807) is 0 Å². The standard InChI is InChI=1S/C14H16N2O3/c1-2-3-8-19-13-6-4-12(5-7-13)16-10-11(9-15-16)14(17)18/h4-7,9-10H,2-3,8H2,1H3,(H,17,18). The first kappa shape index (κ1) is 13.1. The normalized spacial score (nSPS) is 10.4. The molecule has 0 aliphatic heterocycles. The first-order valence-corrected chi connectivity index (χ1v) is 6.22. The van der Waals surface area contributed by atoms with Crippen molar-refractivity contribution in [3.05, 3.63) is 42.2 Å². The topological polar surface area (TPSA) is 64.3 Å². The molecule has 0 aliphatic rings. The Morgan fingerprint density at radius 3 is 2.68 bits per heavy atom. The molecule has 0 radical (unpaired) electrons. The maximum Gasteiger partial charge on any atom is 0.338 e.